The molecule has 0 saturated carbocycles. The van der Waals surface area contributed by atoms with Crippen molar-refractivity contribution in [3.8, 4) is 0 Å². The molecule has 1 fully saturated rings. The number of rotatable bonds is 1. The van der Waals surface area contributed by atoms with Crippen LogP contribution in [0.5, 0.6) is 0 Å². The van der Waals surface area contributed by atoms with Crippen LogP contribution in [0, 0.1) is 0 Å². The normalized spacial score (nSPS) is 20.4. The quantitative estimate of drug-likeness (QED) is 0.580. The second kappa shape index (κ2) is 4.40. The van der Waals surface area contributed by atoms with Crippen molar-refractivity contribution >= 4 is 11.8 Å². The van der Waals surface area contributed by atoms with Gasteiger partial charge in [0.05, 0.1) is 0 Å². The van der Waals surface area contributed by atoms with Gasteiger partial charge in [0.25, 0.3) is 0 Å². The Balaban J connectivity index is 2.71. The third-order valence-electron chi connectivity index (χ3n) is 2.34. The molecule has 2 amide bonds. The monoisotopic (exact) mass is 183 g/mol. The molecule has 0 aromatic rings. The Labute approximate surface area is 79.1 Å². The molecule has 0 aliphatic carbocycles. The lowest BCUT2D eigenvalue weighted by atomic mass is 10.1. The average Bonchev–Trinajstić information content (AvgIpc) is 2.00. The molecule has 3 heteroatoms. The highest BCUT2D eigenvalue weighted by Crippen LogP contribution is 2.14. The van der Waals surface area contributed by atoms with E-state index in [9.17, 15) is 9.59 Å². The van der Waals surface area contributed by atoms with E-state index in [1.54, 1.807) is 0 Å². The number of hydrogen-bond donors (Lipinski definition) is 0. The third kappa shape index (κ3) is 2.54. The zero-order valence-corrected chi connectivity index (χ0v) is 8.38. The highest BCUT2D eigenvalue weighted by atomic mass is 16.2. The molecule has 3 nitrogen and oxygen atoms in total. The summed E-state index contributed by atoms with van der Waals surface area (Å²) in [5, 5.41) is 0. The minimum Gasteiger partial charge on any atom is -0.280 e. The topological polar surface area (TPSA) is 37.4 Å². The molecule has 1 aliphatic rings. The molecule has 0 atom stereocenters. The number of carbonyl (C=O) groups is 2. The van der Waals surface area contributed by atoms with Crippen LogP contribution in [0.25, 0.3) is 0 Å². The highest BCUT2D eigenvalue weighted by Gasteiger charge is 2.24. The second-order valence-electron chi connectivity index (χ2n) is 3.81. The van der Waals surface area contributed by atoms with Gasteiger partial charge in [-0.1, -0.05) is 6.42 Å². The van der Waals surface area contributed by atoms with E-state index in [-0.39, 0.29) is 17.9 Å². The first-order chi connectivity index (χ1) is 6.13. The van der Waals surface area contributed by atoms with Crippen molar-refractivity contribution in [2.45, 2.75) is 52.0 Å². The van der Waals surface area contributed by atoms with Gasteiger partial charge in [0, 0.05) is 18.9 Å². The highest BCUT2D eigenvalue weighted by molar-refractivity contribution is 5.95. The fourth-order valence-corrected chi connectivity index (χ4v) is 1.69. The molecule has 1 heterocycles. The van der Waals surface area contributed by atoms with Crippen molar-refractivity contribution in [3.05, 3.63) is 0 Å². The lowest BCUT2D eigenvalue weighted by molar-refractivity contribution is -0.147. The van der Waals surface area contributed by atoms with Gasteiger partial charge in [-0.2, -0.15) is 0 Å². The van der Waals surface area contributed by atoms with Crippen LogP contribution < -0.4 is 0 Å². The van der Waals surface area contributed by atoms with E-state index in [1.165, 1.54) is 4.90 Å². The van der Waals surface area contributed by atoms with Gasteiger partial charge in [0.1, 0.15) is 0 Å². The van der Waals surface area contributed by atoms with Crippen molar-refractivity contribution in [2.75, 3.05) is 0 Å². The molecule has 1 aliphatic heterocycles. The molecule has 13 heavy (non-hydrogen) atoms. The van der Waals surface area contributed by atoms with Gasteiger partial charge < -0.3 is 0 Å². The van der Waals surface area contributed by atoms with E-state index >= 15 is 0 Å². The summed E-state index contributed by atoms with van der Waals surface area (Å²) in [5.41, 5.74) is 0. The van der Waals surface area contributed by atoms with Crippen LogP contribution >= 0.6 is 0 Å². The maximum absolute atomic E-state index is 11.5. The van der Waals surface area contributed by atoms with Crippen molar-refractivity contribution in [3.63, 3.8) is 0 Å². The summed E-state index contributed by atoms with van der Waals surface area (Å²) in [6.45, 7) is 3.77. The number of nitrogens with zero attached hydrogens (tertiary/aromatic N) is 1. The lowest BCUT2D eigenvalue weighted by Crippen LogP contribution is -2.42. The van der Waals surface area contributed by atoms with E-state index < -0.39 is 0 Å². The number of amides is 2. The number of likely N-dealkylation sites (tertiary alicyclic amines) is 1. The molecule has 0 unspecified atom stereocenters. The van der Waals surface area contributed by atoms with Gasteiger partial charge in [-0.3, -0.25) is 14.5 Å². The number of hydrogen-bond acceptors (Lipinski definition) is 2. The van der Waals surface area contributed by atoms with Gasteiger partial charge in [-0.15, -0.1) is 0 Å². The molecular formula is C10H17NO2. The predicted molar refractivity (Wildman–Crippen MR) is 50.1 cm³/mol. The molecule has 74 valence electrons. The molecule has 0 radical (unpaired) electrons. The molecule has 0 N–H and O–H groups in total. The molecular weight excluding hydrogens is 166 g/mol. The summed E-state index contributed by atoms with van der Waals surface area (Å²) in [6.07, 6.45) is 3.92. The second-order valence-corrected chi connectivity index (χ2v) is 3.81. The van der Waals surface area contributed by atoms with E-state index in [1.807, 2.05) is 13.8 Å². The van der Waals surface area contributed by atoms with Crippen LogP contribution in [0.4, 0.5) is 0 Å². The molecule has 0 aromatic heterocycles. The van der Waals surface area contributed by atoms with Gasteiger partial charge >= 0.3 is 0 Å². The van der Waals surface area contributed by atoms with Crippen LogP contribution in [0.1, 0.15) is 46.0 Å². The maximum Gasteiger partial charge on any atom is 0.229 e. The Hall–Kier alpha value is -0.860. The predicted octanol–water partition coefficient (Wildman–Crippen LogP) is 1.71. The molecule has 0 aromatic carbocycles. The van der Waals surface area contributed by atoms with Crippen LogP contribution in [-0.4, -0.2) is 22.8 Å². The number of carbonyl (C=O) groups excluding carboxylic acids is 2. The Bertz CT molecular complexity index is 193. The lowest BCUT2D eigenvalue weighted by Gasteiger charge is -2.26. The van der Waals surface area contributed by atoms with Gasteiger partial charge in [0.15, 0.2) is 0 Å². The molecule has 1 saturated heterocycles. The average molecular weight is 183 g/mol. The summed E-state index contributed by atoms with van der Waals surface area (Å²) >= 11 is 0. The van der Waals surface area contributed by atoms with E-state index in [2.05, 4.69) is 0 Å². The van der Waals surface area contributed by atoms with E-state index in [4.69, 9.17) is 0 Å². The molecule has 0 bridgehead atoms. The summed E-state index contributed by atoms with van der Waals surface area (Å²) in [5.74, 6) is -0.000556. The fourth-order valence-electron chi connectivity index (χ4n) is 1.69. The first kappa shape index (κ1) is 10.2. The minimum absolute atomic E-state index is 0.000278. The van der Waals surface area contributed by atoms with Crippen molar-refractivity contribution in [2.24, 2.45) is 0 Å². The zero-order valence-electron chi connectivity index (χ0n) is 8.38. The van der Waals surface area contributed by atoms with Crippen LogP contribution in [-0.2, 0) is 9.59 Å². The fraction of sp³-hybridized carbons (Fsp3) is 0.800. The summed E-state index contributed by atoms with van der Waals surface area (Å²) in [4.78, 5) is 24.5. The van der Waals surface area contributed by atoms with Crippen molar-refractivity contribution < 1.29 is 9.59 Å². The SMILES string of the molecule is CC(C)N1C(=O)CCCCCC1=O. The van der Waals surface area contributed by atoms with Gasteiger partial charge in [-0.25, -0.2) is 0 Å². The number of imide groups is 1. The molecule has 0 spiro atoms. The van der Waals surface area contributed by atoms with Crippen LogP contribution in [0.15, 0.2) is 0 Å². The zero-order chi connectivity index (χ0) is 9.84. The van der Waals surface area contributed by atoms with Crippen molar-refractivity contribution in [1.29, 1.82) is 0 Å². The largest absolute Gasteiger partial charge is 0.280 e. The van der Waals surface area contributed by atoms with Gasteiger partial charge in [0.2, 0.25) is 11.8 Å². The smallest absolute Gasteiger partial charge is 0.229 e. The molecule has 1 rings (SSSR count). The summed E-state index contributed by atoms with van der Waals surface area (Å²) in [7, 11) is 0. The summed E-state index contributed by atoms with van der Waals surface area (Å²) in [6, 6.07) is 0.0121. The van der Waals surface area contributed by atoms with E-state index in [0.29, 0.717) is 12.8 Å². The Morgan fingerprint density at radius 1 is 1.00 bits per heavy atom. The summed E-state index contributed by atoms with van der Waals surface area (Å²) < 4.78 is 0. The third-order valence-corrected chi connectivity index (χ3v) is 2.34. The van der Waals surface area contributed by atoms with Crippen LogP contribution in [0.2, 0.25) is 0 Å². The van der Waals surface area contributed by atoms with Crippen LogP contribution in [0.3, 0.4) is 0 Å². The van der Waals surface area contributed by atoms with Gasteiger partial charge in [-0.05, 0) is 26.7 Å². The Morgan fingerprint density at radius 3 is 1.85 bits per heavy atom. The Morgan fingerprint density at radius 2 is 1.46 bits per heavy atom. The van der Waals surface area contributed by atoms with Crippen molar-refractivity contribution in [1.82, 2.24) is 4.90 Å². The maximum atomic E-state index is 11.5. The standard InChI is InChI=1S/C10H17NO2/c1-8(2)11-9(12)6-4-3-5-7-10(11)13/h8H,3-7H2,1-2H3. The minimum atomic E-state index is -0.000278. The first-order valence-electron chi connectivity index (χ1n) is 4.98. The first-order valence-corrected chi connectivity index (χ1v) is 4.98. The Kier molecular flexibility index (Phi) is 3.46. The van der Waals surface area contributed by atoms with E-state index in [0.717, 1.165) is 19.3 Å².